The number of carboxylic acid groups (broad SMARTS) is 1. The van der Waals surface area contributed by atoms with E-state index >= 15 is 0 Å². The SMILES string of the molecule is C=CCC(C(=O)O)C1CCC([C@H]2CC[C@H](c3ccc(Cl)cc3)CC2)CC1. The van der Waals surface area contributed by atoms with Crippen molar-refractivity contribution in [1.82, 2.24) is 0 Å². The van der Waals surface area contributed by atoms with Crippen molar-refractivity contribution in [3.8, 4) is 0 Å². The molecule has 1 aromatic carbocycles. The molecule has 0 aromatic heterocycles. The largest absolute Gasteiger partial charge is 0.481 e. The van der Waals surface area contributed by atoms with E-state index in [1.54, 1.807) is 6.08 Å². The van der Waals surface area contributed by atoms with Gasteiger partial charge in [-0.3, -0.25) is 4.79 Å². The second-order valence-electron chi connectivity index (χ2n) is 8.31. The molecule has 0 spiro atoms. The normalized spacial score (nSPS) is 30.5. The van der Waals surface area contributed by atoms with Crippen LogP contribution in [-0.4, -0.2) is 11.1 Å². The minimum Gasteiger partial charge on any atom is -0.481 e. The zero-order valence-corrected chi connectivity index (χ0v) is 16.3. The van der Waals surface area contributed by atoms with Gasteiger partial charge in [0.15, 0.2) is 0 Å². The summed E-state index contributed by atoms with van der Waals surface area (Å²) < 4.78 is 0. The Morgan fingerprint density at radius 3 is 2.08 bits per heavy atom. The van der Waals surface area contributed by atoms with Crippen molar-refractivity contribution in [2.75, 3.05) is 0 Å². The minimum atomic E-state index is -0.642. The van der Waals surface area contributed by atoms with Crippen LogP contribution in [0.25, 0.3) is 0 Å². The molecule has 0 aliphatic heterocycles. The van der Waals surface area contributed by atoms with Gasteiger partial charge < -0.3 is 5.11 Å². The first-order chi connectivity index (χ1) is 12.6. The Labute approximate surface area is 162 Å². The summed E-state index contributed by atoms with van der Waals surface area (Å²) in [5.74, 6) is 1.79. The molecular weight excluding hydrogens is 344 g/mol. The first-order valence-electron chi connectivity index (χ1n) is 10.2. The van der Waals surface area contributed by atoms with Gasteiger partial charge in [0.05, 0.1) is 5.92 Å². The van der Waals surface area contributed by atoms with Crippen molar-refractivity contribution in [2.45, 2.75) is 63.7 Å². The molecule has 2 nitrogen and oxygen atoms in total. The quantitative estimate of drug-likeness (QED) is 0.562. The van der Waals surface area contributed by atoms with Crippen molar-refractivity contribution in [3.63, 3.8) is 0 Å². The summed E-state index contributed by atoms with van der Waals surface area (Å²) in [4.78, 5) is 11.5. The highest BCUT2D eigenvalue weighted by atomic mass is 35.5. The van der Waals surface area contributed by atoms with Gasteiger partial charge in [-0.15, -0.1) is 6.58 Å². The molecule has 26 heavy (non-hydrogen) atoms. The predicted molar refractivity (Wildman–Crippen MR) is 108 cm³/mol. The number of rotatable bonds is 6. The third kappa shape index (κ3) is 4.71. The lowest BCUT2D eigenvalue weighted by Gasteiger charge is -2.39. The molecule has 2 aliphatic rings. The summed E-state index contributed by atoms with van der Waals surface area (Å²) in [6.45, 7) is 3.73. The number of aliphatic carboxylic acids is 1. The van der Waals surface area contributed by atoms with Crippen LogP contribution in [0.2, 0.25) is 5.02 Å². The smallest absolute Gasteiger partial charge is 0.307 e. The fourth-order valence-electron chi connectivity index (χ4n) is 5.35. The molecule has 1 atom stereocenters. The van der Waals surface area contributed by atoms with E-state index in [1.165, 1.54) is 44.1 Å². The van der Waals surface area contributed by atoms with Crippen LogP contribution in [0, 0.1) is 23.7 Å². The molecule has 3 heteroatoms. The van der Waals surface area contributed by atoms with Crippen LogP contribution in [0.15, 0.2) is 36.9 Å². The average Bonchev–Trinajstić information content (AvgIpc) is 2.67. The lowest BCUT2D eigenvalue weighted by molar-refractivity contribution is -0.144. The van der Waals surface area contributed by atoms with E-state index < -0.39 is 5.97 Å². The summed E-state index contributed by atoms with van der Waals surface area (Å²) in [7, 11) is 0. The van der Waals surface area contributed by atoms with E-state index in [2.05, 4.69) is 18.7 Å². The van der Waals surface area contributed by atoms with Crippen molar-refractivity contribution >= 4 is 17.6 Å². The maximum Gasteiger partial charge on any atom is 0.307 e. The molecule has 142 valence electrons. The zero-order valence-electron chi connectivity index (χ0n) is 15.6. The number of hydrogen-bond donors (Lipinski definition) is 1. The van der Waals surface area contributed by atoms with Crippen molar-refractivity contribution in [2.24, 2.45) is 23.7 Å². The van der Waals surface area contributed by atoms with Crippen LogP contribution in [0.5, 0.6) is 0 Å². The Morgan fingerprint density at radius 2 is 1.58 bits per heavy atom. The first kappa shape index (κ1) is 19.5. The number of carboxylic acids is 1. The Hall–Kier alpha value is -1.28. The molecule has 0 heterocycles. The molecule has 2 fully saturated rings. The second-order valence-corrected chi connectivity index (χ2v) is 8.74. The van der Waals surface area contributed by atoms with E-state index in [4.69, 9.17) is 11.6 Å². The van der Waals surface area contributed by atoms with Gasteiger partial charge in [-0.2, -0.15) is 0 Å². The van der Waals surface area contributed by atoms with Gasteiger partial charge in [0.25, 0.3) is 0 Å². The summed E-state index contributed by atoms with van der Waals surface area (Å²) in [6.07, 6.45) is 12.1. The fourth-order valence-corrected chi connectivity index (χ4v) is 5.48. The Morgan fingerprint density at radius 1 is 1.04 bits per heavy atom. The topological polar surface area (TPSA) is 37.3 Å². The molecule has 0 bridgehead atoms. The van der Waals surface area contributed by atoms with Crippen LogP contribution in [-0.2, 0) is 4.79 Å². The average molecular weight is 375 g/mol. The maximum absolute atomic E-state index is 11.5. The Kier molecular flexibility index (Phi) is 6.80. The lowest BCUT2D eigenvalue weighted by Crippen LogP contribution is -2.30. The summed E-state index contributed by atoms with van der Waals surface area (Å²) in [5.41, 5.74) is 1.44. The standard InChI is InChI=1S/C23H31ClO2/c1-2-3-22(23(25)26)20-10-8-18(9-11-20)16-4-6-17(7-5-16)19-12-14-21(24)15-13-19/h2,12-18,20,22H,1,3-11H2,(H,25,26)/t16-,17-,18?,20?,22?. The monoisotopic (exact) mass is 374 g/mol. The summed E-state index contributed by atoms with van der Waals surface area (Å²) in [5, 5.41) is 10.3. The van der Waals surface area contributed by atoms with Gasteiger partial charge in [0.2, 0.25) is 0 Å². The molecule has 1 N–H and O–H groups in total. The summed E-state index contributed by atoms with van der Waals surface area (Å²) in [6, 6.07) is 8.38. The van der Waals surface area contributed by atoms with E-state index in [0.717, 1.165) is 29.7 Å². The Bertz CT molecular complexity index is 593. The molecule has 0 saturated heterocycles. The highest BCUT2D eigenvalue weighted by Crippen LogP contribution is 2.45. The van der Waals surface area contributed by atoms with Gasteiger partial charge in [0, 0.05) is 5.02 Å². The molecule has 0 amide bonds. The van der Waals surface area contributed by atoms with Crippen LogP contribution < -0.4 is 0 Å². The lowest BCUT2D eigenvalue weighted by atomic mass is 9.66. The van der Waals surface area contributed by atoms with E-state index in [-0.39, 0.29) is 5.92 Å². The molecular formula is C23H31ClO2. The van der Waals surface area contributed by atoms with Crippen LogP contribution >= 0.6 is 11.6 Å². The predicted octanol–water partition coefficient (Wildman–Crippen LogP) is 6.70. The number of hydrogen-bond acceptors (Lipinski definition) is 1. The molecule has 0 radical (unpaired) electrons. The van der Waals surface area contributed by atoms with E-state index in [1.807, 2.05) is 12.1 Å². The van der Waals surface area contributed by atoms with Crippen LogP contribution in [0.3, 0.4) is 0 Å². The van der Waals surface area contributed by atoms with Gasteiger partial charge in [-0.1, -0.05) is 29.8 Å². The minimum absolute atomic E-state index is 0.228. The Balaban J connectivity index is 1.48. The number of benzene rings is 1. The van der Waals surface area contributed by atoms with Crippen molar-refractivity contribution in [1.29, 1.82) is 0 Å². The van der Waals surface area contributed by atoms with Crippen molar-refractivity contribution in [3.05, 3.63) is 47.5 Å². The van der Waals surface area contributed by atoms with E-state index in [9.17, 15) is 9.90 Å². The molecule has 2 aliphatic carbocycles. The number of carbonyl (C=O) groups is 1. The molecule has 2 saturated carbocycles. The molecule has 1 unspecified atom stereocenters. The fraction of sp³-hybridized carbons (Fsp3) is 0.609. The number of allylic oxidation sites excluding steroid dienone is 1. The third-order valence-corrected chi connectivity index (χ3v) is 7.16. The zero-order chi connectivity index (χ0) is 18.5. The van der Waals surface area contributed by atoms with Crippen LogP contribution in [0.1, 0.15) is 69.3 Å². The van der Waals surface area contributed by atoms with Gasteiger partial charge in [-0.25, -0.2) is 0 Å². The third-order valence-electron chi connectivity index (χ3n) is 6.90. The highest BCUT2D eigenvalue weighted by Gasteiger charge is 2.35. The number of halogens is 1. The first-order valence-corrected chi connectivity index (χ1v) is 10.6. The van der Waals surface area contributed by atoms with Gasteiger partial charge >= 0.3 is 5.97 Å². The highest BCUT2D eigenvalue weighted by molar-refractivity contribution is 6.30. The van der Waals surface area contributed by atoms with Gasteiger partial charge in [-0.05, 0) is 99.2 Å². The molecule has 1 aromatic rings. The van der Waals surface area contributed by atoms with Crippen LogP contribution in [0.4, 0.5) is 0 Å². The summed E-state index contributed by atoms with van der Waals surface area (Å²) >= 11 is 6.01. The molecule has 3 rings (SSSR count). The van der Waals surface area contributed by atoms with Crippen molar-refractivity contribution < 1.29 is 9.90 Å². The maximum atomic E-state index is 11.5. The van der Waals surface area contributed by atoms with E-state index in [0.29, 0.717) is 18.3 Å². The van der Waals surface area contributed by atoms with Gasteiger partial charge in [0.1, 0.15) is 0 Å². The second kappa shape index (κ2) is 9.08.